The first-order valence-electron chi connectivity index (χ1n) is 22.0. The molecule has 0 aromatic rings. The first-order chi connectivity index (χ1) is 24.4. The maximum atomic E-state index is 12.1. The predicted molar refractivity (Wildman–Crippen MR) is 220 cm³/mol. The molecule has 6 heteroatoms. The zero-order valence-corrected chi connectivity index (χ0v) is 35.7. The van der Waals surface area contributed by atoms with Gasteiger partial charge in [0.25, 0.3) is 0 Å². The van der Waals surface area contributed by atoms with Gasteiger partial charge in [-0.3, -0.25) is 4.79 Å². The smallest absolute Gasteiger partial charge is 0.306 e. The predicted octanol–water partition coefficient (Wildman–Crippen LogP) is 10.8. The van der Waals surface area contributed by atoms with E-state index in [4.69, 9.17) is 16.2 Å². The van der Waals surface area contributed by atoms with Crippen molar-refractivity contribution < 1.29 is 14.3 Å². The summed E-state index contributed by atoms with van der Waals surface area (Å²) in [6.45, 7) is 20.6. The van der Waals surface area contributed by atoms with Crippen LogP contribution in [0.25, 0.3) is 0 Å². The molecule has 4 N–H and O–H groups in total. The van der Waals surface area contributed by atoms with Crippen LogP contribution in [0.1, 0.15) is 190 Å². The highest BCUT2D eigenvalue weighted by Gasteiger charge is 2.58. The Balaban J connectivity index is 0.000000329. The van der Waals surface area contributed by atoms with Crippen LogP contribution in [0.5, 0.6) is 0 Å². The van der Waals surface area contributed by atoms with E-state index in [9.17, 15) is 9.59 Å². The van der Waals surface area contributed by atoms with Crippen LogP contribution in [0.15, 0.2) is 11.6 Å². The molecule has 52 heavy (non-hydrogen) atoms. The fraction of sp³-hybridized carbons (Fsp3) is 0.913. The van der Waals surface area contributed by atoms with Gasteiger partial charge in [-0.2, -0.15) is 0 Å². The SMILES string of the molecule is CC(C)CCCCC1CCC2C3CC=C4CC(OC(=O)CCC=O)CCC4(C)C3CCC12C.CN(CCCCCCCC(C)(C)N)CCC(C)(C)N. The van der Waals surface area contributed by atoms with E-state index in [0.29, 0.717) is 10.8 Å². The topological polar surface area (TPSA) is 98.7 Å². The molecule has 4 aliphatic carbocycles. The van der Waals surface area contributed by atoms with E-state index < -0.39 is 0 Å². The number of unbranched alkanes of at least 4 members (excludes halogenated alkanes) is 5. The molecular weight excluding hydrogens is 643 g/mol. The molecule has 0 aromatic carbocycles. The van der Waals surface area contributed by atoms with Gasteiger partial charge >= 0.3 is 5.97 Å². The monoisotopic (exact) mass is 728 g/mol. The second kappa shape index (κ2) is 20.6. The van der Waals surface area contributed by atoms with Gasteiger partial charge in [-0.25, -0.2) is 0 Å². The number of rotatable bonds is 20. The zero-order chi connectivity index (χ0) is 38.6. The maximum Gasteiger partial charge on any atom is 0.306 e. The van der Waals surface area contributed by atoms with Crippen LogP contribution in [0.2, 0.25) is 0 Å². The third-order valence-corrected chi connectivity index (χ3v) is 14.1. The molecular formula is C46H85N3O3. The third kappa shape index (κ3) is 14.1. The molecule has 4 aliphatic rings. The minimum atomic E-state index is -0.205. The Labute approximate surface area is 321 Å². The number of nitrogens with two attached hydrogens (primary N) is 2. The van der Waals surface area contributed by atoms with Gasteiger partial charge in [0.1, 0.15) is 12.4 Å². The van der Waals surface area contributed by atoms with E-state index >= 15 is 0 Å². The molecule has 0 spiro atoms. The minimum absolute atomic E-state index is 0.00917. The first-order valence-corrected chi connectivity index (χ1v) is 22.0. The van der Waals surface area contributed by atoms with E-state index in [1.165, 1.54) is 96.4 Å². The number of hydrogen-bond donors (Lipinski definition) is 2. The van der Waals surface area contributed by atoms with Gasteiger partial charge < -0.3 is 25.9 Å². The summed E-state index contributed by atoms with van der Waals surface area (Å²) in [6, 6.07) is 0. The van der Waals surface area contributed by atoms with Crippen molar-refractivity contribution in [2.24, 2.45) is 51.9 Å². The molecule has 0 bridgehead atoms. The first kappa shape index (κ1) is 45.2. The van der Waals surface area contributed by atoms with Gasteiger partial charge in [-0.15, -0.1) is 0 Å². The van der Waals surface area contributed by atoms with Crippen LogP contribution in [0, 0.1) is 40.4 Å². The average Bonchev–Trinajstić information content (AvgIpc) is 3.40. The Morgan fingerprint density at radius 3 is 2.27 bits per heavy atom. The standard InChI is InChI=1S/C30H48O3.C16H37N3/c1-21(2)8-5-6-9-22-12-14-26-25-13-11-23-20-24(33-28(32)10-7-19-31)15-17-30(23,4)27(25)16-18-29(22,26)3;1-15(2,17)11-9-7-6-8-10-13-19(5)14-12-16(3,4)18/h11,19,21-22,24-27H,5-10,12-18,20H2,1-4H3;6-14,17-18H2,1-5H3. The Kier molecular flexibility index (Phi) is 17.9. The van der Waals surface area contributed by atoms with Gasteiger partial charge in [0.15, 0.2) is 0 Å². The quantitative estimate of drug-likeness (QED) is 0.0561. The summed E-state index contributed by atoms with van der Waals surface area (Å²) in [7, 11) is 2.20. The average molecular weight is 728 g/mol. The number of carbonyl (C=O) groups excluding carboxylic acids is 2. The number of carbonyl (C=O) groups is 2. The lowest BCUT2D eigenvalue weighted by Crippen LogP contribution is -2.50. The lowest BCUT2D eigenvalue weighted by atomic mass is 9.47. The molecule has 0 saturated heterocycles. The second-order valence-electron chi connectivity index (χ2n) is 20.4. The van der Waals surface area contributed by atoms with Crippen molar-refractivity contribution in [3.05, 3.63) is 11.6 Å². The van der Waals surface area contributed by atoms with Crippen LogP contribution in [0.4, 0.5) is 0 Å². The summed E-state index contributed by atoms with van der Waals surface area (Å²) in [5, 5.41) is 0. The zero-order valence-electron chi connectivity index (χ0n) is 35.7. The molecule has 0 radical (unpaired) electrons. The normalized spacial score (nSPS) is 30.2. The molecule has 3 fully saturated rings. The van der Waals surface area contributed by atoms with Crippen molar-refractivity contribution in [2.75, 3.05) is 20.1 Å². The second-order valence-corrected chi connectivity index (χ2v) is 20.4. The number of fused-ring (bicyclic) bond motifs is 5. The van der Waals surface area contributed by atoms with Crippen LogP contribution in [-0.4, -0.2) is 54.5 Å². The highest BCUT2D eigenvalue weighted by molar-refractivity contribution is 5.72. The number of esters is 1. The molecule has 0 amide bonds. The van der Waals surface area contributed by atoms with Crippen molar-refractivity contribution in [1.29, 1.82) is 0 Å². The summed E-state index contributed by atoms with van der Waals surface area (Å²) in [5.74, 6) is 4.14. The van der Waals surface area contributed by atoms with E-state index in [1.807, 2.05) is 0 Å². The maximum absolute atomic E-state index is 12.1. The molecule has 7 atom stereocenters. The van der Waals surface area contributed by atoms with Crippen molar-refractivity contribution in [3.8, 4) is 0 Å². The van der Waals surface area contributed by atoms with Crippen molar-refractivity contribution in [1.82, 2.24) is 4.90 Å². The number of hydrogen-bond acceptors (Lipinski definition) is 6. The Bertz CT molecular complexity index is 1110. The molecule has 3 saturated carbocycles. The number of allylic oxidation sites excluding steroid dienone is 1. The van der Waals surface area contributed by atoms with E-state index in [0.717, 1.165) is 74.5 Å². The van der Waals surface area contributed by atoms with Crippen molar-refractivity contribution >= 4 is 12.3 Å². The summed E-state index contributed by atoms with van der Waals surface area (Å²) in [5.41, 5.74) is 14.4. The molecule has 0 aliphatic heterocycles. The Hall–Kier alpha value is -1.24. The van der Waals surface area contributed by atoms with Gasteiger partial charge in [0.2, 0.25) is 0 Å². The van der Waals surface area contributed by atoms with Gasteiger partial charge in [0, 0.05) is 23.9 Å². The lowest BCUT2D eigenvalue weighted by Gasteiger charge is -2.58. The van der Waals surface area contributed by atoms with E-state index in [1.54, 1.807) is 5.57 Å². The summed E-state index contributed by atoms with van der Waals surface area (Å²) < 4.78 is 5.75. The van der Waals surface area contributed by atoms with Crippen LogP contribution >= 0.6 is 0 Å². The van der Waals surface area contributed by atoms with Crippen LogP contribution < -0.4 is 11.5 Å². The molecule has 0 aromatic heterocycles. The van der Waals surface area contributed by atoms with Gasteiger partial charge in [-0.1, -0.05) is 84.3 Å². The number of ether oxygens (including phenoxy) is 1. The summed E-state index contributed by atoms with van der Waals surface area (Å²) in [6.07, 6.45) is 28.3. The van der Waals surface area contributed by atoms with Gasteiger partial charge in [-0.05, 0) is 159 Å². The van der Waals surface area contributed by atoms with Gasteiger partial charge in [0.05, 0.1) is 6.42 Å². The van der Waals surface area contributed by atoms with E-state index in [-0.39, 0.29) is 36.0 Å². The molecule has 4 rings (SSSR count). The summed E-state index contributed by atoms with van der Waals surface area (Å²) in [4.78, 5) is 25.0. The molecule has 0 heterocycles. The largest absolute Gasteiger partial charge is 0.462 e. The Morgan fingerprint density at radius 2 is 1.60 bits per heavy atom. The van der Waals surface area contributed by atoms with Crippen molar-refractivity contribution in [3.63, 3.8) is 0 Å². The van der Waals surface area contributed by atoms with Crippen molar-refractivity contribution in [2.45, 2.75) is 207 Å². The summed E-state index contributed by atoms with van der Waals surface area (Å²) >= 11 is 0. The van der Waals surface area contributed by atoms with Crippen LogP contribution in [-0.2, 0) is 14.3 Å². The molecule has 302 valence electrons. The molecule has 7 unspecified atom stereocenters. The minimum Gasteiger partial charge on any atom is -0.462 e. The number of aldehydes is 1. The molecule has 6 nitrogen and oxygen atoms in total. The van der Waals surface area contributed by atoms with Crippen LogP contribution in [0.3, 0.4) is 0 Å². The highest BCUT2D eigenvalue weighted by Crippen LogP contribution is 2.66. The lowest BCUT2D eigenvalue weighted by molar-refractivity contribution is -0.152. The Morgan fingerprint density at radius 1 is 0.904 bits per heavy atom. The highest BCUT2D eigenvalue weighted by atomic mass is 16.5. The number of nitrogens with zero attached hydrogens (tertiary/aromatic N) is 1. The fourth-order valence-electron chi connectivity index (χ4n) is 10.8. The third-order valence-electron chi connectivity index (χ3n) is 14.1. The van der Waals surface area contributed by atoms with E-state index in [2.05, 4.69) is 73.4 Å². The fourth-order valence-corrected chi connectivity index (χ4v) is 10.8.